The number of sulfonamides is 1. The van der Waals surface area contributed by atoms with E-state index in [1.165, 1.54) is 6.42 Å². The van der Waals surface area contributed by atoms with Crippen molar-refractivity contribution >= 4 is 10.0 Å². The van der Waals surface area contributed by atoms with Crippen molar-refractivity contribution in [1.29, 1.82) is 0 Å². The van der Waals surface area contributed by atoms with Crippen molar-refractivity contribution in [3.8, 4) is 0 Å². The quantitative estimate of drug-likeness (QED) is 0.764. The van der Waals surface area contributed by atoms with Crippen LogP contribution in [0.25, 0.3) is 0 Å². The van der Waals surface area contributed by atoms with E-state index in [1.807, 2.05) is 0 Å². The molecule has 14 heavy (non-hydrogen) atoms. The van der Waals surface area contributed by atoms with Crippen LogP contribution in [0.5, 0.6) is 0 Å². The standard InChI is InChI=1S/C10H19NO2S/c1-4-14(12,13)11-10(8(2)3)9-6-5-7-9/h4,8-11H,1,5-7H2,2-3H3. The van der Waals surface area contributed by atoms with Crippen LogP contribution in [0.4, 0.5) is 0 Å². The fourth-order valence-corrected chi connectivity index (χ4v) is 2.75. The first kappa shape index (κ1) is 11.7. The second kappa shape index (κ2) is 4.45. The maximum absolute atomic E-state index is 11.3. The zero-order valence-corrected chi connectivity index (χ0v) is 9.68. The highest BCUT2D eigenvalue weighted by molar-refractivity contribution is 7.92. The molecular formula is C10H19NO2S. The van der Waals surface area contributed by atoms with E-state index in [2.05, 4.69) is 25.1 Å². The van der Waals surface area contributed by atoms with Crippen molar-refractivity contribution in [2.24, 2.45) is 11.8 Å². The van der Waals surface area contributed by atoms with Gasteiger partial charge in [-0.05, 0) is 24.7 Å². The van der Waals surface area contributed by atoms with Gasteiger partial charge >= 0.3 is 0 Å². The molecule has 3 nitrogen and oxygen atoms in total. The molecule has 1 rings (SSSR count). The van der Waals surface area contributed by atoms with Gasteiger partial charge < -0.3 is 0 Å². The van der Waals surface area contributed by atoms with Crippen LogP contribution in [0.3, 0.4) is 0 Å². The molecular weight excluding hydrogens is 198 g/mol. The van der Waals surface area contributed by atoms with E-state index in [4.69, 9.17) is 0 Å². The molecule has 1 atom stereocenters. The van der Waals surface area contributed by atoms with E-state index in [0.29, 0.717) is 11.8 Å². The highest BCUT2D eigenvalue weighted by Gasteiger charge is 2.31. The van der Waals surface area contributed by atoms with Crippen LogP contribution < -0.4 is 4.72 Å². The lowest BCUT2D eigenvalue weighted by atomic mass is 9.76. The van der Waals surface area contributed by atoms with E-state index in [1.54, 1.807) is 0 Å². The lowest BCUT2D eigenvalue weighted by Gasteiger charge is -2.36. The molecule has 4 heteroatoms. The maximum atomic E-state index is 11.3. The van der Waals surface area contributed by atoms with Crippen LogP contribution >= 0.6 is 0 Å². The Balaban J connectivity index is 2.64. The summed E-state index contributed by atoms with van der Waals surface area (Å²) in [5.74, 6) is 0.861. The van der Waals surface area contributed by atoms with Gasteiger partial charge in [-0.15, -0.1) is 0 Å². The average molecular weight is 217 g/mol. The summed E-state index contributed by atoms with van der Waals surface area (Å²) in [5, 5.41) is 0.987. The second-order valence-electron chi connectivity index (χ2n) is 4.29. The van der Waals surface area contributed by atoms with E-state index in [-0.39, 0.29) is 6.04 Å². The molecule has 0 aromatic carbocycles. The van der Waals surface area contributed by atoms with Gasteiger partial charge in [0, 0.05) is 11.4 Å². The number of hydrogen-bond acceptors (Lipinski definition) is 2. The largest absolute Gasteiger partial charge is 0.233 e. The SMILES string of the molecule is C=CS(=O)(=O)NC(C(C)C)C1CCC1. The third-order valence-corrected chi connectivity index (χ3v) is 3.94. The number of hydrogen-bond donors (Lipinski definition) is 1. The molecule has 0 aromatic heterocycles. The van der Waals surface area contributed by atoms with Crippen LogP contribution in [0.15, 0.2) is 12.0 Å². The van der Waals surface area contributed by atoms with Crippen molar-refractivity contribution < 1.29 is 8.42 Å². The summed E-state index contributed by atoms with van der Waals surface area (Å²) in [5.41, 5.74) is 0. The summed E-state index contributed by atoms with van der Waals surface area (Å²) in [7, 11) is -3.27. The molecule has 1 N–H and O–H groups in total. The topological polar surface area (TPSA) is 46.2 Å². The summed E-state index contributed by atoms with van der Waals surface area (Å²) >= 11 is 0. The van der Waals surface area contributed by atoms with E-state index >= 15 is 0 Å². The van der Waals surface area contributed by atoms with Gasteiger partial charge in [-0.2, -0.15) is 0 Å². The van der Waals surface area contributed by atoms with Gasteiger partial charge in [0.05, 0.1) is 0 Å². The molecule has 0 heterocycles. The van der Waals surface area contributed by atoms with Gasteiger partial charge in [-0.25, -0.2) is 13.1 Å². The summed E-state index contributed by atoms with van der Waals surface area (Å²) in [4.78, 5) is 0. The van der Waals surface area contributed by atoms with Gasteiger partial charge in [0.25, 0.3) is 0 Å². The Bertz CT molecular complexity index is 291. The lowest BCUT2D eigenvalue weighted by Crippen LogP contribution is -2.45. The molecule has 1 unspecified atom stereocenters. The monoisotopic (exact) mass is 217 g/mol. The molecule has 1 aliphatic carbocycles. The van der Waals surface area contributed by atoms with E-state index in [0.717, 1.165) is 18.2 Å². The molecule has 1 fully saturated rings. The van der Waals surface area contributed by atoms with E-state index < -0.39 is 10.0 Å². The van der Waals surface area contributed by atoms with Gasteiger partial charge in [0.15, 0.2) is 0 Å². The van der Waals surface area contributed by atoms with Gasteiger partial charge in [-0.1, -0.05) is 26.8 Å². The lowest BCUT2D eigenvalue weighted by molar-refractivity contribution is 0.209. The van der Waals surface area contributed by atoms with E-state index in [9.17, 15) is 8.42 Å². The highest BCUT2D eigenvalue weighted by atomic mass is 32.2. The van der Waals surface area contributed by atoms with Crippen LogP contribution in [0.2, 0.25) is 0 Å². The predicted molar refractivity (Wildman–Crippen MR) is 58.2 cm³/mol. The maximum Gasteiger partial charge on any atom is 0.233 e. The Kier molecular flexibility index (Phi) is 3.72. The van der Waals surface area contributed by atoms with Crippen molar-refractivity contribution in [2.75, 3.05) is 0 Å². The Labute approximate surface area is 86.6 Å². The van der Waals surface area contributed by atoms with Crippen molar-refractivity contribution in [3.05, 3.63) is 12.0 Å². The Morgan fingerprint density at radius 1 is 1.43 bits per heavy atom. The van der Waals surface area contributed by atoms with Crippen LogP contribution in [-0.2, 0) is 10.0 Å². The third-order valence-electron chi connectivity index (χ3n) is 2.90. The predicted octanol–water partition coefficient (Wildman–Crippen LogP) is 1.87. The normalized spacial score (nSPS) is 20.5. The Morgan fingerprint density at radius 3 is 2.29 bits per heavy atom. The molecule has 0 saturated heterocycles. The van der Waals surface area contributed by atoms with Gasteiger partial charge in [0.2, 0.25) is 10.0 Å². The van der Waals surface area contributed by atoms with Gasteiger partial charge in [0.1, 0.15) is 0 Å². The zero-order valence-electron chi connectivity index (χ0n) is 8.86. The second-order valence-corrected chi connectivity index (χ2v) is 5.95. The van der Waals surface area contributed by atoms with Crippen LogP contribution in [0, 0.1) is 11.8 Å². The summed E-state index contributed by atoms with van der Waals surface area (Å²) in [6.45, 7) is 7.40. The minimum Gasteiger partial charge on any atom is -0.208 e. The number of nitrogens with one attached hydrogen (secondary N) is 1. The van der Waals surface area contributed by atoms with Crippen molar-refractivity contribution in [1.82, 2.24) is 4.72 Å². The molecule has 0 bridgehead atoms. The Hall–Kier alpha value is -0.350. The molecule has 82 valence electrons. The molecule has 0 aromatic rings. The Morgan fingerprint density at radius 2 is 2.00 bits per heavy atom. The first-order chi connectivity index (χ1) is 6.46. The molecule has 1 saturated carbocycles. The van der Waals surface area contributed by atoms with Gasteiger partial charge in [-0.3, -0.25) is 0 Å². The summed E-state index contributed by atoms with van der Waals surface area (Å²) in [6, 6.07) is 0.0757. The van der Waals surface area contributed by atoms with Crippen LogP contribution in [-0.4, -0.2) is 14.5 Å². The third kappa shape index (κ3) is 2.82. The molecule has 0 spiro atoms. The fraction of sp³-hybridized carbons (Fsp3) is 0.800. The zero-order chi connectivity index (χ0) is 10.8. The van der Waals surface area contributed by atoms with Crippen molar-refractivity contribution in [2.45, 2.75) is 39.2 Å². The smallest absolute Gasteiger partial charge is 0.208 e. The first-order valence-corrected chi connectivity index (χ1v) is 6.65. The molecule has 0 amide bonds. The minimum absolute atomic E-state index is 0.0757. The van der Waals surface area contributed by atoms with Crippen LogP contribution in [0.1, 0.15) is 33.1 Å². The number of rotatable bonds is 5. The van der Waals surface area contributed by atoms with Crippen molar-refractivity contribution in [3.63, 3.8) is 0 Å². The fourth-order valence-electron chi connectivity index (χ4n) is 1.81. The summed E-state index contributed by atoms with van der Waals surface area (Å²) in [6.07, 6.45) is 3.51. The molecule has 0 aliphatic heterocycles. The first-order valence-electron chi connectivity index (χ1n) is 5.11. The highest BCUT2D eigenvalue weighted by Crippen LogP contribution is 2.32. The average Bonchev–Trinajstić information content (AvgIpc) is 1.99. The summed E-state index contributed by atoms with van der Waals surface area (Å²) < 4.78 is 25.4. The molecule has 0 radical (unpaired) electrons. The minimum atomic E-state index is -3.27. The molecule has 1 aliphatic rings.